The van der Waals surface area contributed by atoms with Crippen molar-refractivity contribution in [2.24, 2.45) is 5.14 Å². The smallest absolute Gasteiger partial charge is 0.398 e. The third-order valence-corrected chi connectivity index (χ3v) is 3.78. The van der Waals surface area contributed by atoms with E-state index in [2.05, 4.69) is 15.9 Å². The zero-order valence-corrected chi connectivity index (χ0v) is 9.95. The molecule has 0 aliphatic rings. The second-order valence-corrected chi connectivity index (χ2v) is 5.24. The lowest BCUT2D eigenvalue weighted by molar-refractivity contribution is -0.137. The maximum absolute atomic E-state index is 12.4. The molecule has 0 aliphatic heterocycles. The van der Waals surface area contributed by atoms with E-state index in [4.69, 9.17) is 10.9 Å². The highest BCUT2D eigenvalue weighted by atomic mass is 79.9. The molecule has 0 spiro atoms. The van der Waals surface area contributed by atoms with E-state index in [1.807, 2.05) is 0 Å². The van der Waals surface area contributed by atoms with Gasteiger partial charge in [0, 0.05) is 5.69 Å². The maximum atomic E-state index is 12.4. The number of benzene rings is 1. The molecule has 0 saturated heterocycles. The first-order valence-electron chi connectivity index (χ1n) is 3.72. The topological polar surface area (TPSA) is 86.2 Å². The van der Waals surface area contributed by atoms with E-state index in [9.17, 15) is 21.6 Å². The van der Waals surface area contributed by atoms with Gasteiger partial charge in [0.15, 0.2) is 0 Å². The number of nitrogen functional groups attached to an aromatic ring is 1. The van der Waals surface area contributed by atoms with Gasteiger partial charge in [-0.15, -0.1) is 0 Å². The molecule has 0 aromatic heterocycles. The molecule has 16 heavy (non-hydrogen) atoms. The number of hydrogen-bond donors (Lipinski definition) is 2. The lowest BCUT2D eigenvalue weighted by Gasteiger charge is -2.11. The predicted molar refractivity (Wildman–Crippen MR) is 54.9 cm³/mol. The van der Waals surface area contributed by atoms with Gasteiger partial charge in [-0.25, -0.2) is 13.6 Å². The largest absolute Gasteiger partial charge is 0.416 e. The van der Waals surface area contributed by atoms with Gasteiger partial charge in [-0.2, -0.15) is 13.2 Å². The summed E-state index contributed by atoms with van der Waals surface area (Å²) in [5.74, 6) is 0. The van der Waals surface area contributed by atoms with Crippen molar-refractivity contribution in [1.29, 1.82) is 0 Å². The molecule has 0 unspecified atom stereocenters. The third-order valence-electron chi connectivity index (χ3n) is 1.70. The van der Waals surface area contributed by atoms with Gasteiger partial charge in [0.25, 0.3) is 0 Å². The maximum Gasteiger partial charge on any atom is 0.416 e. The monoisotopic (exact) mass is 318 g/mol. The van der Waals surface area contributed by atoms with Crippen molar-refractivity contribution in [3.8, 4) is 0 Å². The molecule has 0 saturated carbocycles. The van der Waals surface area contributed by atoms with Crippen LogP contribution in [-0.4, -0.2) is 8.42 Å². The minimum absolute atomic E-state index is 0.178. The van der Waals surface area contributed by atoms with Crippen molar-refractivity contribution in [2.75, 3.05) is 5.73 Å². The Morgan fingerprint density at radius 3 is 2.12 bits per heavy atom. The first-order chi connectivity index (χ1) is 7.03. The van der Waals surface area contributed by atoms with Crippen LogP contribution in [0.2, 0.25) is 0 Å². The summed E-state index contributed by atoms with van der Waals surface area (Å²) in [4.78, 5) is -0.695. The van der Waals surface area contributed by atoms with Crippen LogP contribution >= 0.6 is 15.9 Å². The lowest BCUT2D eigenvalue weighted by atomic mass is 10.2. The molecular formula is C7H6BrF3N2O2S. The summed E-state index contributed by atoms with van der Waals surface area (Å²) in [7, 11) is -4.27. The molecule has 0 radical (unpaired) electrons. The molecule has 4 N–H and O–H groups in total. The fourth-order valence-electron chi connectivity index (χ4n) is 0.990. The molecule has 9 heteroatoms. The fourth-order valence-corrected chi connectivity index (χ4v) is 2.55. The Morgan fingerprint density at radius 2 is 1.75 bits per heavy atom. The first-order valence-corrected chi connectivity index (χ1v) is 6.06. The highest BCUT2D eigenvalue weighted by molar-refractivity contribution is 9.10. The van der Waals surface area contributed by atoms with Crippen molar-refractivity contribution in [3.05, 3.63) is 22.2 Å². The number of rotatable bonds is 1. The van der Waals surface area contributed by atoms with Crippen molar-refractivity contribution in [2.45, 2.75) is 11.1 Å². The van der Waals surface area contributed by atoms with Gasteiger partial charge in [0.1, 0.15) is 0 Å². The number of alkyl halides is 3. The Balaban J connectivity index is 3.59. The highest BCUT2D eigenvalue weighted by Crippen LogP contribution is 2.36. The van der Waals surface area contributed by atoms with Crippen molar-refractivity contribution >= 4 is 31.6 Å². The molecule has 1 aromatic rings. The zero-order chi connectivity index (χ0) is 12.7. The molecule has 0 bridgehead atoms. The first kappa shape index (κ1) is 13.3. The number of halogens is 4. The number of sulfonamides is 1. The predicted octanol–water partition coefficient (Wildman–Crippen LogP) is 1.70. The standard InChI is InChI=1S/C7H6BrF3N2O2S/c8-6-4(12)1-3(7(9,10)11)2-5(6)16(13,14)15/h1-2H,12H2,(H2,13,14,15). The van der Waals surface area contributed by atoms with E-state index in [0.717, 1.165) is 0 Å². The van der Waals surface area contributed by atoms with Gasteiger partial charge in [0.05, 0.1) is 14.9 Å². The molecule has 4 nitrogen and oxygen atoms in total. The number of anilines is 1. The molecule has 1 rings (SSSR count). The zero-order valence-electron chi connectivity index (χ0n) is 7.55. The van der Waals surface area contributed by atoms with Gasteiger partial charge in [-0.3, -0.25) is 0 Å². The molecule has 0 atom stereocenters. The van der Waals surface area contributed by atoms with Crippen molar-refractivity contribution in [3.63, 3.8) is 0 Å². The second-order valence-electron chi connectivity index (χ2n) is 2.92. The molecule has 1 aromatic carbocycles. The van der Waals surface area contributed by atoms with Crippen molar-refractivity contribution < 1.29 is 21.6 Å². The molecule has 0 amide bonds. The van der Waals surface area contributed by atoms with Crippen LogP contribution in [0.5, 0.6) is 0 Å². The molecule has 0 heterocycles. The van der Waals surface area contributed by atoms with Crippen LogP contribution in [-0.2, 0) is 16.2 Å². The van der Waals surface area contributed by atoms with Crippen LogP contribution < -0.4 is 10.9 Å². The molecule has 0 fully saturated rings. The van der Waals surface area contributed by atoms with Crippen LogP contribution in [0.1, 0.15) is 5.56 Å². The average Bonchev–Trinajstić information content (AvgIpc) is 2.05. The number of hydrogen-bond acceptors (Lipinski definition) is 3. The average molecular weight is 319 g/mol. The Bertz CT molecular complexity index is 527. The van der Waals surface area contributed by atoms with Crippen LogP contribution in [0.3, 0.4) is 0 Å². The SMILES string of the molecule is Nc1cc(C(F)(F)F)cc(S(N)(=O)=O)c1Br. The van der Waals surface area contributed by atoms with Crippen LogP contribution in [0.15, 0.2) is 21.5 Å². The van der Waals surface area contributed by atoms with E-state index in [0.29, 0.717) is 12.1 Å². The van der Waals surface area contributed by atoms with Crippen LogP contribution in [0, 0.1) is 0 Å². The highest BCUT2D eigenvalue weighted by Gasteiger charge is 2.33. The Morgan fingerprint density at radius 1 is 1.25 bits per heavy atom. The Hall–Kier alpha value is -0.800. The van der Waals surface area contributed by atoms with Crippen LogP contribution in [0.25, 0.3) is 0 Å². The minimum atomic E-state index is -4.69. The molecule has 90 valence electrons. The summed E-state index contributed by atoms with van der Waals surface area (Å²) < 4.78 is 58.9. The summed E-state index contributed by atoms with van der Waals surface area (Å²) in [6.45, 7) is 0. The summed E-state index contributed by atoms with van der Waals surface area (Å²) in [5.41, 5.74) is 3.73. The summed E-state index contributed by atoms with van der Waals surface area (Å²) in [5, 5.41) is 4.76. The summed E-state index contributed by atoms with van der Waals surface area (Å²) in [6.07, 6.45) is -4.69. The Kier molecular flexibility index (Phi) is 3.23. The second kappa shape index (κ2) is 3.90. The van der Waals surface area contributed by atoms with E-state index < -0.39 is 26.7 Å². The van der Waals surface area contributed by atoms with Gasteiger partial charge in [-0.1, -0.05) is 0 Å². The van der Waals surface area contributed by atoms with E-state index in [1.165, 1.54) is 0 Å². The minimum Gasteiger partial charge on any atom is -0.398 e. The van der Waals surface area contributed by atoms with Gasteiger partial charge < -0.3 is 5.73 Å². The van der Waals surface area contributed by atoms with Gasteiger partial charge >= 0.3 is 6.18 Å². The third kappa shape index (κ3) is 2.66. The van der Waals surface area contributed by atoms with Gasteiger partial charge in [0.2, 0.25) is 10.0 Å². The van der Waals surface area contributed by atoms with Crippen LogP contribution in [0.4, 0.5) is 18.9 Å². The van der Waals surface area contributed by atoms with Gasteiger partial charge in [-0.05, 0) is 28.1 Å². The van der Waals surface area contributed by atoms with E-state index in [1.54, 1.807) is 0 Å². The van der Waals surface area contributed by atoms with E-state index >= 15 is 0 Å². The summed E-state index contributed by atoms with van der Waals surface area (Å²) >= 11 is 2.77. The number of nitrogens with two attached hydrogens (primary N) is 2. The summed E-state index contributed by atoms with van der Waals surface area (Å²) in [6, 6.07) is 1.05. The van der Waals surface area contributed by atoms with E-state index in [-0.39, 0.29) is 10.2 Å². The van der Waals surface area contributed by atoms with Crippen molar-refractivity contribution in [1.82, 2.24) is 0 Å². The quantitative estimate of drug-likeness (QED) is 0.773. The molecule has 0 aliphatic carbocycles. The normalized spacial score (nSPS) is 12.8. The number of primary sulfonamides is 1. The Labute approximate surface area is 97.6 Å². The molecular weight excluding hydrogens is 313 g/mol. The fraction of sp³-hybridized carbons (Fsp3) is 0.143. The lowest BCUT2D eigenvalue weighted by Crippen LogP contribution is -2.16.